The minimum atomic E-state index is -0.0982. The molecule has 0 atom stereocenters. The number of nitrogens with zero attached hydrogens (tertiary/aromatic N) is 2. The lowest BCUT2D eigenvalue weighted by Gasteiger charge is -2.21. The van der Waals surface area contributed by atoms with Crippen LogP contribution < -0.4 is 5.32 Å². The summed E-state index contributed by atoms with van der Waals surface area (Å²) in [6.07, 6.45) is 7.78. The van der Waals surface area contributed by atoms with Crippen molar-refractivity contribution in [2.24, 2.45) is 5.92 Å². The van der Waals surface area contributed by atoms with Crippen LogP contribution >= 0.6 is 0 Å². The molecule has 22 heavy (non-hydrogen) atoms. The van der Waals surface area contributed by atoms with Gasteiger partial charge in [0.15, 0.2) is 0 Å². The molecular weight excluding hydrogens is 274 g/mol. The molecule has 1 N–H and O–H groups in total. The summed E-state index contributed by atoms with van der Waals surface area (Å²) in [4.78, 5) is 12.2. The van der Waals surface area contributed by atoms with Crippen LogP contribution in [0, 0.1) is 12.8 Å². The Morgan fingerprint density at radius 3 is 2.41 bits per heavy atom. The van der Waals surface area contributed by atoms with Gasteiger partial charge in [0.25, 0.3) is 5.91 Å². The summed E-state index contributed by atoms with van der Waals surface area (Å²) in [6, 6.07) is 0. The Kier molecular flexibility index (Phi) is 7.11. The van der Waals surface area contributed by atoms with Crippen molar-refractivity contribution in [1.82, 2.24) is 15.1 Å². The molecule has 1 aromatic heterocycles. The summed E-state index contributed by atoms with van der Waals surface area (Å²) in [5, 5.41) is 7.36. The molecule has 126 valence electrons. The van der Waals surface area contributed by atoms with E-state index >= 15 is 0 Å². The van der Waals surface area contributed by atoms with Crippen LogP contribution in [0.5, 0.6) is 0 Å². The second kappa shape index (κ2) is 8.35. The van der Waals surface area contributed by atoms with Gasteiger partial charge in [0, 0.05) is 12.2 Å². The highest BCUT2D eigenvalue weighted by Crippen LogP contribution is 2.18. The first kappa shape index (κ1) is 18.7. The fraction of sp³-hybridized carbons (Fsp3) is 0.778. The molecule has 1 rings (SSSR count). The van der Waals surface area contributed by atoms with Crippen molar-refractivity contribution in [3.8, 4) is 0 Å². The third-order valence-corrected chi connectivity index (χ3v) is 3.88. The van der Waals surface area contributed by atoms with E-state index in [4.69, 9.17) is 0 Å². The van der Waals surface area contributed by atoms with Gasteiger partial charge in [0.2, 0.25) is 0 Å². The van der Waals surface area contributed by atoms with Gasteiger partial charge < -0.3 is 5.32 Å². The molecule has 0 fully saturated rings. The smallest absolute Gasteiger partial charge is 0.254 e. The molecule has 1 amide bonds. The van der Waals surface area contributed by atoms with Gasteiger partial charge in [-0.3, -0.25) is 9.48 Å². The molecule has 1 heterocycles. The van der Waals surface area contributed by atoms with Gasteiger partial charge in [0.05, 0.1) is 17.3 Å². The van der Waals surface area contributed by atoms with Crippen LogP contribution in [0.1, 0.15) is 82.8 Å². The zero-order valence-electron chi connectivity index (χ0n) is 15.2. The maximum atomic E-state index is 12.2. The Morgan fingerprint density at radius 2 is 1.86 bits per heavy atom. The Labute approximate surface area is 135 Å². The number of hydrogen-bond acceptors (Lipinski definition) is 2. The first-order chi connectivity index (χ1) is 10.2. The molecule has 0 aliphatic heterocycles. The van der Waals surface area contributed by atoms with Crippen LogP contribution in [-0.2, 0) is 5.54 Å². The SMILES string of the molecule is Cc1c(C(=O)NCCCCCCC(C)C)cnn1C(C)(C)C. The highest BCUT2D eigenvalue weighted by Gasteiger charge is 2.21. The van der Waals surface area contributed by atoms with E-state index < -0.39 is 0 Å². The number of nitrogens with one attached hydrogen (secondary N) is 1. The average molecular weight is 307 g/mol. The first-order valence-electron chi connectivity index (χ1n) is 8.56. The van der Waals surface area contributed by atoms with Gasteiger partial charge in [-0.2, -0.15) is 5.10 Å². The fourth-order valence-electron chi connectivity index (χ4n) is 2.64. The number of carbonyl (C=O) groups excluding carboxylic acids is 1. The predicted octanol–water partition coefficient (Wildman–Crippen LogP) is 4.28. The number of carbonyl (C=O) groups is 1. The molecule has 1 aromatic rings. The molecule has 0 saturated heterocycles. The van der Waals surface area contributed by atoms with Crippen LogP contribution in [0.25, 0.3) is 0 Å². The minimum absolute atomic E-state index is 0.00446. The fourth-order valence-corrected chi connectivity index (χ4v) is 2.64. The summed E-state index contributed by atoms with van der Waals surface area (Å²) in [7, 11) is 0. The first-order valence-corrected chi connectivity index (χ1v) is 8.56. The normalized spacial score (nSPS) is 12.0. The summed E-state index contributed by atoms with van der Waals surface area (Å²) in [5.41, 5.74) is 1.52. The topological polar surface area (TPSA) is 46.9 Å². The number of amides is 1. The highest BCUT2D eigenvalue weighted by atomic mass is 16.1. The summed E-state index contributed by atoms with van der Waals surface area (Å²) < 4.78 is 1.91. The van der Waals surface area contributed by atoms with E-state index in [1.54, 1.807) is 6.20 Å². The van der Waals surface area contributed by atoms with Crippen molar-refractivity contribution in [3.63, 3.8) is 0 Å². The summed E-state index contributed by atoms with van der Waals surface area (Å²) >= 11 is 0. The Hall–Kier alpha value is -1.32. The molecule has 0 aromatic carbocycles. The van der Waals surface area contributed by atoms with Gasteiger partial charge in [-0.1, -0.05) is 39.5 Å². The van der Waals surface area contributed by atoms with Crippen LogP contribution in [0.2, 0.25) is 0 Å². The van der Waals surface area contributed by atoms with Gasteiger partial charge in [0.1, 0.15) is 0 Å². The van der Waals surface area contributed by atoms with Crippen molar-refractivity contribution in [2.75, 3.05) is 6.54 Å². The molecule has 4 nitrogen and oxygen atoms in total. The van der Waals surface area contributed by atoms with Crippen LogP contribution in [0.3, 0.4) is 0 Å². The van der Waals surface area contributed by atoms with Gasteiger partial charge in [-0.25, -0.2) is 0 Å². The number of aromatic nitrogens is 2. The Morgan fingerprint density at radius 1 is 1.23 bits per heavy atom. The van der Waals surface area contributed by atoms with E-state index in [1.165, 1.54) is 25.7 Å². The quantitative estimate of drug-likeness (QED) is 0.729. The third-order valence-electron chi connectivity index (χ3n) is 3.88. The second-order valence-corrected chi connectivity index (χ2v) is 7.58. The number of unbranched alkanes of at least 4 members (excludes halogenated alkanes) is 3. The van der Waals surface area contributed by atoms with Gasteiger partial charge >= 0.3 is 0 Å². The number of rotatable bonds is 8. The van der Waals surface area contributed by atoms with E-state index in [0.29, 0.717) is 5.56 Å². The molecular formula is C18H33N3O. The Bertz CT molecular complexity index is 469. The third kappa shape index (κ3) is 5.82. The lowest BCUT2D eigenvalue weighted by molar-refractivity contribution is 0.0952. The molecule has 0 bridgehead atoms. The van der Waals surface area contributed by atoms with E-state index in [9.17, 15) is 4.79 Å². The van der Waals surface area contributed by atoms with E-state index in [1.807, 2.05) is 11.6 Å². The molecule has 0 aliphatic carbocycles. The van der Waals surface area contributed by atoms with E-state index in [0.717, 1.165) is 24.6 Å². The lowest BCUT2D eigenvalue weighted by atomic mass is 10.0. The second-order valence-electron chi connectivity index (χ2n) is 7.58. The molecule has 0 unspecified atom stereocenters. The van der Waals surface area contributed by atoms with Crippen molar-refractivity contribution in [3.05, 3.63) is 17.5 Å². The van der Waals surface area contributed by atoms with Gasteiger partial charge in [-0.05, 0) is 40.0 Å². The minimum Gasteiger partial charge on any atom is -0.352 e. The van der Waals surface area contributed by atoms with Crippen molar-refractivity contribution in [2.45, 2.75) is 79.2 Å². The van der Waals surface area contributed by atoms with Crippen molar-refractivity contribution in [1.29, 1.82) is 0 Å². The monoisotopic (exact) mass is 307 g/mol. The molecule has 0 radical (unpaired) electrons. The maximum absolute atomic E-state index is 12.2. The van der Waals surface area contributed by atoms with Crippen molar-refractivity contribution >= 4 is 5.91 Å². The van der Waals surface area contributed by atoms with Crippen LogP contribution in [-0.4, -0.2) is 22.2 Å². The molecule has 4 heteroatoms. The summed E-state index contributed by atoms with van der Waals surface area (Å²) in [6.45, 7) is 13.5. The highest BCUT2D eigenvalue weighted by molar-refractivity contribution is 5.95. The maximum Gasteiger partial charge on any atom is 0.254 e. The van der Waals surface area contributed by atoms with Gasteiger partial charge in [-0.15, -0.1) is 0 Å². The van der Waals surface area contributed by atoms with E-state index in [-0.39, 0.29) is 11.4 Å². The standard InChI is InChI=1S/C18H33N3O/c1-14(2)11-9-7-8-10-12-19-17(22)16-13-20-21(15(16)3)18(4,5)6/h13-14H,7-12H2,1-6H3,(H,19,22). The number of hydrogen-bond donors (Lipinski definition) is 1. The molecule has 0 spiro atoms. The zero-order chi connectivity index (χ0) is 16.8. The predicted molar refractivity (Wildman–Crippen MR) is 92.2 cm³/mol. The Balaban J connectivity index is 2.33. The van der Waals surface area contributed by atoms with Crippen molar-refractivity contribution < 1.29 is 4.79 Å². The lowest BCUT2D eigenvalue weighted by Crippen LogP contribution is -2.27. The van der Waals surface area contributed by atoms with E-state index in [2.05, 4.69) is 45.0 Å². The molecule has 0 saturated carbocycles. The average Bonchev–Trinajstić information content (AvgIpc) is 2.78. The largest absolute Gasteiger partial charge is 0.352 e. The molecule has 0 aliphatic rings. The van der Waals surface area contributed by atoms with Crippen LogP contribution in [0.15, 0.2) is 6.20 Å². The zero-order valence-corrected chi connectivity index (χ0v) is 15.2. The summed E-state index contributed by atoms with van der Waals surface area (Å²) in [5.74, 6) is 0.789. The van der Waals surface area contributed by atoms with Crippen LogP contribution in [0.4, 0.5) is 0 Å².